The third-order valence-corrected chi connectivity index (χ3v) is 10.2. The first-order valence-electron chi connectivity index (χ1n) is 16.6. The van der Waals surface area contributed by atoms with E-state index in [-0.39, 0.29) is 36.0 Å². The summed E-state index contributed by atoms with van der Waals surface area (Å²) in [5.74, 6) is 0.781. The van der Waals surface area contributed by atoms with Gasteiger partial charge in [-0.15, -0.1) is 0 Å². The summed E-state index contributed by atoms with van der Waals surface area (Å²) >= 11 is 13.0. The molecule has 3 aromatic carbocycles. The molecule has 3 aliphatic rings. The lowest BCUT2D eigenvalue weighted by Gasteiger charge is -2.44. The predicted molar refractivity (Wildman–Crippen MR) is 193 cm³/mol. The molecular formula is C38H41Cl2N3O9. The number of methoxy groups -OCH3 is 3. The number of esters is 1. The van der Waals surface area contributed by atoms with Gasteiger partial charge in [0, 0.05) is 18.5 Å². The van der Waals surface area contributed by atoms with Crippen molar-refractivity contribution in [3.63, 3.8) is 0 Å². The monoisotopic (exact) mass is 753 g/mol. The fraction of sp³-hybridized carbons (Fsp3) is 0.342. The summed E-state index contributed by atoms with van der Waals surface area (Å²) in [5.41, 5.74) is 2.61. The van der Waals surface area contributed by atoms with E-state index >= 15 is 0 Å². The van der Waals surface area contributed by atoms with Crippen LogP contribution < -0.4 is 24.1 Å². The molecule has 1 aromatic heterocycles. The molecule has 3 saturated heterocycles. The Morgan fingerprint density at radius 3 is 2.25 bits per heavy atom. The number of fused-ring (bicyclic) bond motifs is 3. The molecule has 4 aromatic rings. The number of carbonyl (C=O) groups excluding carboxylic acids is 2. The van der Waals surface area contributed by atoms with Crippen molar-refractivity contribution in [2.45, 2.75) is 38.0 Å². The number of piperidine rings is 3. The van der Waals surface area contributed by atoms with E-state index in [0.717, 1.165) is 25.9 Å². The first-order chi connectivity index (χ1) is 24.7. The number of ether oxygens (including phenoxy) is 5. The normalized spacial score (nSPS) is 18.1. The van der Waals surface area contributed by atoms with Crippen LogP contribution in [0.15, 0.2) is 73.1 Å². The van der Waals surface area contributed by atoms with E-state index in [2.05, 4.69) is 9.88 Å². The van der Waals surface area contributed by atoms with Gasteiger partial charge in [0.15, 0.2) is 35.4 Å². The van der Waals surface area contributed by atoms with E-state index in [4.69, 9.17) is 46.9 Å². The molecular weight excluding hydrogens is 713 g/mol. The number of phenols is 1. The number of aromatic hydroxyl groups is 1. The van der Waals surface area contributed by atoms with Crippen LogP contribution in [0.2, 0.25) is 10.0 Å². The summed E-state index contributed by atoms with van der Waals surface area (Å²) in [6.07, 6.45) is 3.83. The number of hydrogen-bond acceptors (Lipinski definition) is 10. The lowest BCUT2D eigenvalue weighted by atomic mass is 9.86. The summed E-state index contributed by atoms with van der Waals surface area (Å²) in [5, 5.41) is 11.3. The quantitative estimate of drug-likeness (QED) is 0.154. The van der Waals surface area contributed by atoms with Crippen LogP contribution >= 0.6 is 23.2 Å². The van der Waals surface area contributed by atoms with E-state index in [0.29, 0.717) is 61.9 Å². The molecule has 0 aliphatic carbocycles. The van der Waals surface area contributed by atoms with Gasteiger partial charge in [0.25, 0.3) is 0 Å². The summed E-state index contributed by atoms with van der Waals surface area (Å²) < 4.78 is 28.6. The van der Waals surface area contributed by atoms with Crippen molar-refractivity contribution >= 4 is 41.0 Å². The second kappa shape index (κ2) is 17.2. The maximum absolute atomic E-state index is 13.8. The fourth-order valence-corrected chi connectivity index (χ4v) is 7.22. The highest BCUT2D eigenvalue weighted by Crippen LogP contribution is 2.39. The average Bonchev–Trinajstić information content (AvgIpc) is 3.15. The van der Waals surface area contributed by atoms with Gasteiger partial charge in [-0.2, -0.15) is 0 Å². The molecule has 14 heteroatoms. The Hall–Kier alpha value is -4.75. The third kappa shape index (κ3) is 8.47. The van der Waals surface area contributed by atoms with Gasteiger partial charge in [0.05, 0.1) is 39.1 Å². The maximum Gasteiger partial charge on any atom is 0.415 e. The topological polar surface area (TPSA) is 151 Å². The van der Waals surface area contributed by atoms with Crippen LogP contribution in [0.4, 0.5) is 10.5 Å². The molecule has 1 amide bonds. The van der Waals surface area contributed by atoms with Gasteiger partial charge in [-0.05, 0) is 79.4 Å². The number of para-hydroxylation sites is 1. The Morgan fingerprint density at radius 1 is 0.942 bits per heavy atom. The second-order valence-corrected chi connectivity index (χ2v) is 13.3. The summed E-state index contributed by atoms with van der Waals surface area (Å²) in [4.78, 5) is 34.1. The number of H-pyrrole nitrogens is 1. The van der Waals surface area contributed by atoms with Crippen molar-refractivity contribution in [3.05, 3.63) is 105 Å². The number of aromatic nitrogens is 1. The molecule has 0 spiro atoms. The van der Waals surface area contributed by atoms with E-state index < -0.39 is 18.2 Å². The molecule has 276 valence electrons. The smallest absolute Gasteiger partial charge is 0.415 e. The van der Waals surface area contributed by atoms with Gasteiger partial charge in [0.2, 0.25) is 0 Å². The Labute approximate surface area is 312 Å². The number of nitrogens with zero attached hydrogens (tertiary/aromatic N) is 2. The second-order valence-electron chi connectivity index (χ2n) is 12.5. The van der Waals surface area contributed by atoms with Gasteiger partial charge in [-0.25, -0.2) is 14.6 Å². The Balaban J connectivity index is 0.00000523. The molecule has 3 N–H and O–H groups in total. The van der Waals surface area contributed by atoms with Gasteiger partial charge >= 0.3 is 12.1 Å². The minimum Gasteiger partial charge on any atom is -0.870 e. The van der Waals surface area contributed by atoms with Gasteiger partial charge in [0.1, 0.15) is 22.3 Å². The Bertz CT molecular complexity index is 1850. The number of benzene rings is 3. The van der Waals surface area contributed by atoms with Crippen LogP contribution in [-0.2, 0) is 22.4 Å². The molecule has 52 heavy (non-hydrogen) atoms. The van der Waals surface area contributed by atoms with E-state index in [9.17, 15) is 14.7 Å². The highest BCUT2D eigenvalue weighted by molar-refractivity contribution is 6.35. The van der Waals surface area contributed by atoms with E-state index in [1.54, 1.807) is 74.1 Å². The molecule has 2 bridgehead atoms. The predicted octanol–water partition coefficient (Wildman–Crippen LogP) is 6.74. The summed E-state index contributed by atoms with van der Waals surface area (Å²) in [6, 6.07) is 16.9. The van der Waals surface area contributed by atoms with Gasteiger partial charge in [-0.3, -0.25) is 9.80 Å². The number of carbonyl (C=O) groups is 2. The zero-order valence-corrected chi connectivity index (χ0v) is 30.5. The molecule has 0 unspecified atom stereocenters. The number of hydrogen-bond donors (Lipinski definition) is 1. The Morgan fingerprint density at radius 2 is 1.63 bits per heavy atom. The number of anilines is 1. The maximum atomic E-state index is 13.8. The lowest BCUT2D eigenvalue weighted by Crippen LogP contribution is -2.53. The van der Waals surface area contributed by atoms with Crippen LogP contribution in [0.5, 0.6) is 23.0 Å². The van der Waals surface area contributed by atoms with Crippen molar-refractivity contribution in [3.8, 4) is 23.0 Å². The number of nitrogens with one attached hydrogen (secondary N) is 1. The molecule has 7 rings (SSSR count). The van der Waals surface area contributed by atoms with E-state index in [1.165, 1.54) is 25.2 Å². The standard InChI is InChI=1S/C38H39Cl2N3O8.H2O/c1-47-32-12-11-26(17-34(32)48-2)33(18-27-28(39)19-41-20-29(27)40)50-37(45)25-9-7-23(8-10-25)21-43(30-5-4-6-31(44)36(30)49-3)38(46)51-35-22-42-15-13-24(35)14-16-42;/h4-12,17,19-20,24,33,35,44H,13-16,18,21-22H2,1-3H3;1H2/t33-,35-;/m0./s1. The molecule has 4 heterocycles. The van der Waals surface area contributed by atoms with Crippen molar-refractivity contribution in [2.24, 2.45) is 5.92 Å². The minimum atomic E-state index is -0.788. The number of rotatable bonds is 12. The molecule has 12 nitrogen and oxygen atoms in total. The zero-order chi connectivity index (χ0) is 36.1. The molecule has 0 saturated carbocycles. The highest BCUT2D eigenvalue weighted by atomic mass is 35.5. The molecule has 3 fully saturated rings. The van der Waals surface area contributed by atoms with Crippen LogP contribution in [0, 0.1) is 5.92 Å². The fourth-order valence-electron chi connectivity index (χ4n) is 6.68. The van der Waals surface area contributed by atoms with Crippen molar-refractivity contribution in [2.75, 3.05) is 45.9 Å². The van der Waals surface area contributed by atoms with Gasteiger partial charge < -0.3 is 34.3 Å². The summed E-state index contributed by atoms with van der Waals surface area (Å²) in [7, 11) is 4.50. The van der Waals surface area contributed by atoms with Crippen LogP contribution in [0.1, 0.15) is 46.0 Å². The highest BCUT2D eigenvalue weighted by Gasteiger charge is 2.38. The largest absolute Gasteiger partial charge is 0.870 e. The van der Waals surface area contributed by atoms with Crippen molar-refractivity contribution < 1.29 is 48.8 Å². The van der Waals surface area contributed by atoms with E-state index in [1.807, 2.05) is 0 Å². The SMILES string of the molecule is COc1ccc([C@H](Cc2c(Cl)c[nH+]cc2Cl)OC(=O)c2ccc(CN(C(=O)O[C@H]3CN4CCC3CC4)c3cccc(O)c3OC)cc2)cc1OC.[OH-]. The van der Waals surface area contributed by atoms with Crippen molar-refractivity contribution in [1.29, 1.82) is 0 Å². The van der Waals surface area contributed by atoms with Gasteiger partial charge in [-0.1, -0.05) is 47.5 Å². The number of halogens is 2. The minimum absolute atomic E-state index is 0. The molecule has 0 radical (unpaired) electrons. The van der Waals surface area contributed by atoms with Crippen LogP contribution in [0.25, 0.3) is 0 Å². The lowest BCUT2D eigenvalue weighted by molar-refractivity contribution is -0.377. The first kappa shape index (κ1) is 38.5. The average molecular weight is 755 g/mol. The van der Waals surface area contributed by atoms with Crippen LogP contribution in [0.3, 0.4) is 0 Å². The number of amides is 1. The number of aromatic amines is 1. The first-order valence-corrected chi connectivity index (χ1v) is 17.4. The third-order valence-electron chi connectivity index (χ3n) is 9.48. The zero-order valence-electron chi connectivity index (χ0n) is 29.0. The molecule has 3 aliphatic heterocycles. The summed E-state index contributed by atoms with van der Waals surface area (Å²) in [6.45, 7) is 2.81. The van der Waals surface area contributed by atoms with Crippen molar-refractivity contribution in [1.82, 2.24) is 4.90 Å². The number of pyridine rings is 1. The Kier molecular flexibility index (Phi) is 12.7. The number of phenolic OH excluding ortho intramolecular Hbond substituents is 1. The van der Waals surface area contributed by atoms with Crippen LogP contribution in [-0.4, -0.2) is 74.6 Å². The molecule has 2 atom stereocenters.